The van der Waals surface area contributed by atoms with E-state index in [4.69, 9.17) is 14.2 Å². The van der Waals surface area contributed by atoms with Crippen LogP contribution in [0.2, 0.25) is 0 Å². The molecule has 1 atom stereocenters. The smallest absolute Gasteiger partial charge is 0.341 e. The minimum absolute atomic E-state index is 0.215. The standard InChI is InChI=1S/C32H32N2O6S/c1-5-38-26-15-11-10-14-25(26)33-29(35)20(3)40-24-18-16-23(17-19-24)30(36)34-31-28(32(37)39-6-2)27(21(4)41-31)22-12-8-7-9-13-22/h7-20H,5-6H2,1-4H3,(H,33,35)(H,34,36)/t20-/m0/s1. The van der Waals surface area contributed by atoms with E-state index in [0.717, 1.165) is 16.0 Å². The van der Waals surface area contributed by atoms with E-state index >= 15 is 0 Å². The molecule has 0 saturated heterocycles. The summed E-state index contributed by atoms with van der Waals surface area (Å²) in [5.74, 6) is -0.221. The zero-order chi connectivity index (χ0) is 29.4. The van der Waals surface area contributed by atoms with Crippen LogP contribution in [-0.4, -0.2) is 37.1 Å². The van der Waals surface area contributed by atoms with E-state index in [2.05, 4.69) is 10.6 Å². The van der Waals surface area contributed by atoms with Crippen molar-refractivity contribution in [2.24, 2.45) is 0 Å². The zero-order valence-electron chi connectivity index (χ0n) is 23.4. The fourth-order valence-electron chi connectivity index (χ4n) is 4.19. The number of anilines is 2. The summed E-state index contributed by atoms with van der Waals surface area (Å²) in [5, 5.41) is 6.12. The van der Waals surface area contributed by atoms with Gasteiger partial charge in [0.2, 0.25) is 0 Å². The van der Waals surface area contributed by atoms with Crippen molar-refractivity contribution in [3.63, 3.8) is 0 Å². The summed E-state index contributed by atoms with van der Waals surface area (Å²) in [6, 6.07) is 23.1. The van der Waals surface area contributed by atoms with Gasteiger partial charge in [-0.2, -0.15) is 0 Å². The van der Waals surface area contributed by atoms with Crippen molar-refractivity contribution >= 4 is 39.8 Å². The number of hydrogen-bond donors (Lipinski definition) is 2. The van der Waals surface area contributed by atoms with Crippen LogP contribution in [0.15, 0.2) is 78.9 Å². The number of thiophene rings is 1. The summed E-state index contributed by atoms with van der Waals surface area (Å²) >= 11 is 1.32. The Morgan fingerprint density at radius 1 is 0.854 bits per heavy atom. The molecule has 0 saturated carbocycles. The molecule has 3 aromatic carbocycles. The van der Waals surface area contributed by atoms with Crippen molar-refractivity contribution in [1.82, 2.24) is 0 Å². The largest absolute Gasteiger partial charge is 0.492 e. The molecule has 0 unspecified atom stereocenters. The molecule has 0 aliphatic heterocycles. The molecule has 0 aliphatic rings. The first-order chi connectivity index (χ1) is 19.8. The molecule has 41 heavy (non-hydrogen) atoms. The fourth-order valence-corrected chi connectivity index (χ4v) is 5.25. The molecule has 4 aromatic rings. The molecule has 9 heteroatoms. The van der Waals surface area contributed by atoms with Gasteiger partial charge in [0.1, 0.15) is 22.1 Å². The molecule has 0 aliphatic carbocycles. The van der Waals surface area contributed by atoms with Gasteiger partial charge in [0.15, 0.2) is 6.10 Å². The van der Waals surface area contributed by atoms with Crippen LogP contribution in [0.25, 0.3) is 11.1 Å². The number of para-hydroxylation sites is 2. The Morgan fingerprint density at radius 2 is 1.54 bits per heavy atom. The summed E-state index contributed by atoms with van der Waals surface area (Å²) in [6.07, 6.45) is -0.804. The normalized spacial score (nSPS) is 11.3. The predicted molar refractivity (Wildman–Crippen MR) is 161 cm³/mol. The highest BCUT2D eigenvalue weighted by Gasteiger charge is 2.26. The van der Waals surface area contributed by atoms with Crippen molar-refractivity contribution in [3.8, 4) is 22.6 Å². The molecule has 1 heterocycles. The lowest BCUT2D eigenvalue weighted by Gasteiger charge is -2.16. The zero-order valence-corrected chi connectivity index (χ0v) is 24.2. The minimum Gasteiger partial charge on any atom is -0.492 e. The van der Waals surface area contributed by atoms with Gasteiger partial charge in [-0.25, -0.2) is 4.79 Å². The summed E-state index contributed by atoms with van der Waals surface area (Å²) in [5.41, 5.74) is 2.86. The van der Waals surface area contributed by atoms with E-state index in [1.807, 2.05) is 56.3 Å². The number of ether oxygens (including phenoxy) is 3. The molecular formula is C32H32N2O6S. The van der Waals surface area contributed by atoms with E-state index in [0.29, 0.717) is 39.9 Å². The number of aryl methyl sites for hydroxylation is 1. The second kappa shape index (κ2) is 13.6. The van der Waals surface area contributed by atoms with E-state index in [1.54, 1.807) is 50.2 Å². The van der Waals surface area contributed by atoms with Crippen LogP contribution in [0.1, 0.15) is 46.4 Å². The summed E-state index contributed by atoms with van der Waals surface area (Å²) in [6.45, 7) is 7.85. The Hall–Kier alpha value is -4.63. The first kappa shape index (κ1) is 29.4. The second-order valence-electron chi connectivity index (χ2n) is 8.98. The highest BCUT2D eigenvalue weighted by molar-refractivity contribution is 7.17. The lowest BCUT2D eigenvalue weighted by atomic mass is 10.0. The van der Waals surface area contributed by atoms with Crippen molar-refractivity contribution in [3.05, 3.63) is 94.9 Å². The van der Waals surface area contributed by atoms with Crippen LogP contribution in [0, 0.1) is 6.92 Å². The SMILES string of the molecule is CCOC(=O)c1c(NC(=O)c2ccc(O[C@@H](C)C(=O)Nc3ccccc3OCC)cc2)sc(C)c1-c1ccccc1. The third-order valence-corrected chi connectivity index (χ3v) is 7.12. The van der Waals surface area contributed by atoms with Gasteiger partial charge in [0.05, 0.1) is 18.9 Å². The van der Waals surface area contributed by atoms with Crippen molar-refractivity contribution in [2.45, 2.75) is 33.8 Å². The van der Waals surface area contributed by atoms with Crippen molar-refractivity contribution < 1.29 is 28.6 Å². The Bertz CT molecular complexity index is 1520. The monoisotopic (exact) mass is 572 g/mol. The van der Waals surface area contributed by atoms with Gasteiger partial charge < -0.3 is 24.8 Å². The first-order valence-corrected chi connectivity index (χ1v) is 14.1. The number of amides is 2. The lowest BCUT2D eigenvalue weighted by Crippen LogP contribution is -2.30. The molecule has 2 amide bonds. The average Bonchev–Trinajstić information content (AvgIpc) is 3.30. The maximum absolute atomic E-state index is 13.2. The number of benzene rings is 3. The molecular weight excluding hydrogens is 540 g/mol. The maximum atomic E-state index is 13.2. The lowest BCUT2D eigenvalue weighted by molar-refractivity contribution is -0.122. The highest BCUT2D eigenvalue weighted by atomic mass is 32.1. The van der Waals surface area contributed by atoms with Gasteiger partial charge in [0.25, 0.3) is 11.8 Å². The summed E-state index contributed by atoms with van der Waals surface area (Å²) in [4.78, 5) is 39.7. The number of esters is 1. The Kier molecular flexibility index (Phi) is 9.76. The van der Waals surface area contributed by atoms with E-state index in [9.17, 15) is 14.4 Å². The van der Waals surface area contributed by atoms with Crippen LogP contribution in [0.3, 0.4) is 0 Å². The van der Waals surface area contributed by atoms with E-state index in [-0.39, 0.29) is 18.4 Å². The Labute approximate surface area is 243 Å². The maximum Gasteiger partial charge on any atom is 0.341 e. The Morgan fingerprint density at radius 3 is 2.22 bits per heavy atom. The van der Waals surface area contributed by atoms with Gasteiger partial charge >= 0.3 is 5.97 Å². The molecule has 4 rings (SSSR count). The average molecular weight is 573 g/mol. The fraction of sp³-hybridized carbons (Fsp3) is 0.219. The number of nitrogens with one attached hydrogen (secondary N) is 2. The van der Waals surface area contributed by atoms with Gasteiger partial charge in [-0.1, -0.05) is 42.5 Å². The topological polar surface area (TPSA) is 103 Å². The van der Waals surface area contributed by atoms with Gasteiger partial charge in [-0.3, -0.25) is 9.59 Å². The van der Waals surface area contributed by atoms with Crippen LogP contribution in [0.4, 0.5) is 10.7 Å². The first-order valence-electron chi connectivity index (χ1n) is 13.3. The van der Waals surface area contributed by atoms with E-state index < -0.39 is 12.1 Å². The Balaban J connectivity index is 1.46. The third kappa shape index (κ3) is 7.12. The van der Waals surface area contributed by atoms with Crippen LogP contribution in [-0.2, 0) is 9.53 Å². The number of carbonyl (C=O) groups excluding carboxylic acids is 3. The number of carbonyl (C=O) groups is 3. The molecule has 212 valence electrons. The van der Waals surface area contributed by atoms with E-state index in [1.165, 1.54) is 11.3 Å². The molecule has 0 spiro atoms. The highest BCUT2D eigenvalue weighted by Crippen LogP contribution is 2.40. The molecule has 0 radical (unpaired) electrons. The van der Waals surface area contributed by atoms with Gasteiger partial charge in [-0.05, 0) is 69.7 Å². The van der Waals surface area contributed by atoms with Crippen LogP contribution >= 0.6 is 11.3 Å². The predicted octanol–water partition coefficient (Wildman–Crippen LogP) is 6.96. The quantitative estimate of drug-likeness (QED) is 0.188. The van der Waals surface area contributed by atoms with Crippen LogP contribution in [0.5, 0.6) is 11.5 Å². The van der Waals surface area contributed by atoms with Crippen LogP contribution < -0.4 is 20.1 Å². The van der Waals surface area contributed by atoms with Crippen molar-refractivity contribution in [2.75, 3.05) is 23.8 Å². The molecule has 2 N–H and O–H groups in total. The summed E-state index contributed by atoms with van der Waals surface area (Å²) < 4.78 is 16.7. The molecule has 8 nitrogen and oxygen atoms in total. The van der Waals surface area contributed by atoms with Crippen molar-refractivity contribution in [1.29, 1.82) is 0 Å². The van der Waals surface area contributed by atoms with Gasteiger partial charge in [0, 0.05) is 16.0 Å². The molecule has 0 bridgehead atoms. The second-order valence-corrected chi connectivity index (χ2v) is 10.2. The molecule has 0 fully saturated rings. The molecule has 1 aromatic heterocycles. The number of rotatable bonds is 11. The van der Waals surface area contributed by atoms with Gasteiger partial charge in [-0.15, -0.1) is 11.3 Å². The number of hydrogen-bond acceptors (Lipinski definition) is 7. The minimum atomic E-state index is -0.804. The summed E-state index contributed by atoms with van der Waals surface area (Å²) in [7, 11) is 0. The third-order valence-electron chi connectivity index (χ3n) is 6.10.